The SMILES string of the molecule is Cc1nn(Cc2ccc(C#N)cc2)c(C)c1NC(=O)c1cccc2nc(C(N)=O)ccc12. The Kier molecular flexibility index (Phi) is 5.39. The van der Waals surface area contributed by atoms with Crippen LogP contribution in [0.2, 0.25) is 0 Å². The van der Waals surface area contributed by atoms with Gasteiger partial charge in [0.05, 0.1) is 40.8 Å². The molecule has 8 heteroatoms. The van der Waals surface area contributed by atoms with E-state index >= 15 is 0 Å². The minimum absolute atomic E-state index is 0.144. The standard InChI is InChI=1S/C24H20N6O2/c1-14-22(15(2)30(29-14)13-17-8-6-16(12-25)7-9-17)28-24(32)19-4-3-5-20-18(19)10-11-21(27-20)23(26)31/h3-11H,13H2,1-2H3,(H2,26,31)(H,28,32). The molecule has 2 heterocycles. The third-order valence-corrected chi connectivity index (χ3v) is 5.26. The number of primary amides is 1. The third-order valence-electron chi connectivity index (χ3n) is 5.26. The molecular weight excluding hydrogens is 404 g/mol. The second-order valence-electron chi connectivity index (χ2n) is 7.40. The van der Waals surface area contributed by atoms with Crippen molar-refractivity contribution in [1.82, 2.24) is 14.8 Å². The second kappa shape index (κ2) is 8.32. The Morgan fingerprint density at radius 2 is 1.84 bits per heavy atom. The summed E-state index contributed by atoms with van der Waals surface area (Å²) in [7, 11) is 0. The maximum Gasteiger partial charge on any atom is 0.267 e. The Hall–Kier alpha value is -4.51. The van der Waals surface area contributed by atoms with Gasteiger partial charge >= 0.3 is 0 Å². The number of fused-ring (bicyclic) bond motifs is 1. The molecule has 158 valence electrons. The maximum absolute atomic E-state index is 13.1. The highest BCUT2D eigenvalue weighted by Gasteiger charge is 2.18. The molecule has 4 rings (SSSR count). The molecule has 32 heavy (non-hydrogen) atoms. The number of pyridine rings is 1. The maximum atomic E-state index is 13.1. The lowest BCUT2D eigenvalue weighted by molar-refractivity contribution is 0.0994. The van der Waals surface area contributed by atoms with Crippen molar-refractivity contribution in [3.8, 4) is 6.07 Å². The molecule has 0 radical (unpaired) electrons. The molecule has 2 aromatic carbocycles. The van der Waals surface area contributed by atoms with Gasteiger partial charge in [0, 0.05) is 10.9 Å². The summed E-state index contributed by atoms with van der Waals surface area (Å²) in [6.07, 6.45) is 0. The van der Waals surface area contributed by atoms with Crippen LogP contribution < -0.4 is 11.1 Å². The summed E-state index contributed by atoms with van der Waals surface area (Å²) < 4.78 is 1.82. The molecule has 0 aliphatic rings. The summed E-state index contributed by atoms with van der Waals surface area (Å²) in [6.45, 7) is 4.24. The van der Waals surface area contributed by atoms with Crippen LogP contribution in [0.15, 0.2) is 54.6 Å². The predicted molar refractivity (Wildman–Crippen MR) is 120 cm³/mol. The number of aromatic nitrogens is 3. The van der Waals surface area contributed by atoms with Crippen LogP contribution in [0, 0.1) is 25.2 Å². The molecule has 0 saturated heterocycles. The van der Waals surface area contributed by atoms with Crippen LogP contribution in [0.1, 0.15) is 43.4 Å². The largest absolute Gasteiger partial charge is 0.364 e. The molecule has 0 aliphatic carbocycles. The number of aryl methyl sites for hydroxylation is 1. The molecule has 2 amide bonds. The van der Waals surface area contributed by atoms with Gasteiger partial charge in [-0.05, 0) is 55.8 Å². The zero-order valence-corrected chi connectivity index (χ0v) is 17.6. The normalized spacial score (nSPS) is 10.7. The fourth-order valence-corrected chi connectivity index (χ4v) is 3.56. The first-order chi connectivity index (χ1) is 15.4. The topological polar surface area (TPSA) is 127 Å². The molecule has 4 aromatic rings. The van der Waals surface area contributed by atoms with E-state index in [4.69, 9.17) is 11.0 Å². The minimum Gasteiger partial charge on any atom is -0.364 e. The van der Waals surface area contributed by atoms with Crippen LogP contribution in [-0.2, 0) is 6.54 Å². The van der Waals surface area contributed by atoms with Crippen LogP contribution in [0.25, 0.3) is 10.9 Å². The van der Waals surface area contributed by atoms with Crippen molar-refractivity contribution in [3.05, 3.63) is 88.4 Å². The van der Waals surface area contributed by atoms with Gasteiger partial charge in [-0.1, -0.05) is 18.2 Å². The molecule has 0 saturated carbocycles. The van der Waals surface area contributed by atoms with Gasteiger partial charge in [-0.25, -0.2) is 4.98 Å². The highest BCUT2D eigenvalue weighted by molar-refractivity contribution is 6.13. The molecule has 0 aliphatic heterocycles. The van der Waals surface area contributed by atoms with Gasteiger partial charge in [0.2, 0.25) is 0 Å². The lowest BCUT2D eigenvalue weighted by Gasteiger charge is -2.09. The van der Waals surface area contributed by atoms with E-state index in [2.05, 4.69) is 21.5 Å². The highest BCUT2D eigenvalue weighted by atomic mass is 16.2. The fourth-order valence-electron chi connectivity index (χ4n) is 3.56. The lowest BCUT2D eigenvalue weighted by atomic mass is 10.1. The van der Waals surface area contributed by atoms with Crippen LogP contribution in [0.4, 0.5) is 5.69 Å². The number of benzene rings is 2. The van der Waals surface area contributed by atoms with Gasteiger partial charge in [0.15, 0.2) is 0 Å². The molecule has 0 fully saturated rings. The zero-order valence-electron chi connectivity index (χ0n) is 17.6. The number of nitrogens with one attached hydrogen (secondary N) is 1. The summed E-state index contributed by atoms with van der Waals surface area (Å²) >= 11 is 0. The fraction of sp³-hybridized carbons (Fsp3) is 0.125. The minimum atomic E-state index is -0.623. The van der Waals surface area contributed by atoms with Crippen molar-refractivity contribution in [2.24, 2.45) is 5.73 Å². The first-order valence-corrected chi connectivity index (χ1v) is 9.91. The van der Waals surface area contributed by atoms with Gasteiger partial charge in [0.25, 0.3) is 11.8 Å². The van der Waals surface area contributed by atoms with Gasteiger partial charge in [0.1, 0.15) is 5.69 Å². The van der Waals surface area contributed by atoms with Crippen molar-refractivity contribution in [1.29, 1.82) is 5.26 Å². The van der Waals surface area contributed by atoms with Crippen LogP contribution in [0.5, 0.6) is 0 Å². The highest BCUT2D eigenvalue weighted by Crippen LogP contribution is 2.24. The third kappa shape index (κ3) is 3.91. The number of hydrogen-bond acceptors (Lipinski definition) is 5. The molecule has 8 nitrogen and oxygen atoms in total. The van der Waals surface area contributed by atoms with Gasteiger partial charge in [-0.15, -0.1) is 0 Å². The first-order valence-electron chi connectivity index (χ1n) is 9.91. The second-order valence-corrected chi connectivity index (χ2v) is 7.40. The Bertz CT molecular complexity index is 1400. The number of rotatable bonds is 5. The van der Waals surface area contributed by atoms with E-state index in [0.29, 0.717) is 40.0 Å². The average molecular weight is 424 g/mol. The van der Waals surface area contributed by atoms with Crippen LogP contribution in [-0.4, -0.2) is 26.6 Å². The Labute approximate surface area is 184 Å². The number of carbonyl (C=O) groups excluding carboxylic acids is 2. The summed E-state index contributed by atoms with van der Waals surface area (Å²) in [5.41, 5.74) is 10.1. The predicted octanol–water partition coefficient (Wildman–Crippen LogP) is 3.32. The summed E-state index contributed by atoms with van der Waals surface area (Å²) in [6, 6.07) is 17.7. The molecule has 3 N–H and O–H groups in total. The van der Waals surface area contributed by atoms with E-state index in [1.165, 1.54) is 6.07 Å². The summed E-state index contributed by atoms with van der Waals surface area (Å²) in [5.74, 6) is -0.920. The molecule has 0 atom stereocenters. The van der Waals surface area contributed by atoms with Gasteiger partial charge in [-0.3, -0.25) is 14.3 Å². The lowest BCUT2D eigenvalue weighted by Crippen LogP contribution is -2.15. The molecule has 2 aromatic heterocycles. The van der Waals surface area contributed by atoms with Crippen molar-refractivity contribution in [3.63, 3.8) is 0 Å². The van der Waals surface area contributed by atoms with Crippen molar-refractivity contribution >= 4 is 28.4 Å². The van der Waals surface area contributed by atoms with E-state index in [1.807, 2.05) is 30.7 Å². The summed E-state index contributed by atoms with van der Waals surface area (Å²) in [5, 5.41) is 17.1. The Balaban J connectivity index is 1.61. The Morgan fingerprint density at radius 1 is 1.09 bits per heavy atom. The number of hydrogen-bond donors (Lipinski definition) is 2. The van der Waals surface area contributed by atoms with E-state index in [1.54, 1.807) is 36.4 Å². The number of carbonyl (C=O) groups is 2. The first kappa shape index (κ1) is 20.8. The van der Waals surface area contributed by atoms with Gasteiger partial charge in [-0.2, -0.15) is 10.4 Å². The number of nitriles is 1. The van der Waals surface area contributed by atoms with E-state index in [9.17, 15) is 9.59 Å². The molecule has 0 spiro atoms. The number of nitrogens with two attached hydrogens (primary N) is 1. The number of nitrogens with zero attached hydrogens (tertiary/aromatic N) is 4. The molecule has 0 bridgehead atoms. The van der Waals surface area contributed by atoms with E-state index in [-0.39, 0.29) is 11.6 Å². The van der Waals surface area contributed by atoms with Crippen molar-refractivity contribution in [2.45, 2.75) is 20.4 Å². The van der Waals surface area contributed by atoms with Crippen molar-refractivity contribution in [2.75, 3.05) is 5.32 Å². The monoisotopic (exact) mass is 424 g/mol. The van der Waals surface area contributed by atoms with Gasteiger partial charge < -0.3 is 11.1 Å². The quantitative estimate of drug-likeness (QED) is 0.508. The zero-order chi connectivity index (χ0) is 22.8. The van der Waals surface area contributed by atoms with E-state index in [0.717, 1.165) is 11.3 Å². The molecule has 0 unspecified atom stereocenters. The van der Waals surface area contributed by atoms with Crippen molar-refractivity contribution < 1.29 is 9.59 Å². The average Bonchev–Trinajstić information content (AvgIpc) is 3.05. The van der Waals surface area contributed by atoms with Crippen LogP contribution >= 0.6 is 0 Å². The number of amides is 2. The smallest absolute Gasteiger partial charge is 0.267 e. The van der Waals surface area contributed by atoms with Crippen LogP contribution in [0.3, 0.4) is 0 Å². The number of anilines is 1. The van der Waals surface area contributed by atoms with E-state index < -0.39 is 5.91 Å². The Morgan fingerprint density at radius 3 is 2.53 bits per heavy atom. The summed E-state index contributed by atoms with van der Waals surface area (Å²) in [4.78, 5) is 28.7. The molecular formula is C24H20N6O2.